The molecule has 1 aromatic rings. The van der Waals surface area contributed by atoms with Gasteiger partial charge in [-0.1, -0.05) is 0 Å². The van der Waals surface area contributed by atoms with Gasteiger partial charge in [0.2, 0.25) is 10.0 Å². The fourth-order valence-electron chi connectivity index (χ4n) is 2.35. The highest BCUT2D eigenvalue weighted by Crippen LogP contribution is 2.13. The van der Waals surface area contributed by atoms with Crippen LogP contribution in [0.3, 0.4) is 0 Å². The molecular formula is C13H20N4O5S. The van der Waals surface area contributed by atoms with E-state index in [0.29, 0.717) is 37.3 Å². The first-order valence-corrected chi connectivity index (χ1v) is 8.98. The number of piperidine rings is 1. The minimum atomic E-state index is -3.19. The molecule has 1 aliphatic rings. The number of nitrogens with one attached hydrogen (secondary N) is 3. The summed E-state index contributed by atoms with van der Waals surface area (Å²) in [7, 11) is -3.19. The van der Waals surface area contributed by atoms with Crippen LogP contribution in [0.4, 0.5) is 4.79 Å². The molecule has 2 heterocycles. The number of hydrazine groups is 1. The summed E-state index contributed by atoms with van der Waals surface area (Å²) in [5.74, 6) is -0.0175. The number of hydrogen-bond acceptors (Lipinski definition) is 5. The summed E-state index contributed by atoms with van der Waals surface area (Å²) in [4.78, 5) is 23.5. The van der Waals surface area contributed by atoms with E-state index in [4.69, 9.17) is 4.42 Å². The van der Waals surface area contributed by atoms with Gasteiger partial charge in [0.1, 0.15) is 5.76 Å². The Bertz CT molecular complexity index is 676. The number of hydrogen-bond donors (Lipinski definition) is 3. The molecule has 2 rings (SSSR count). The summed E-state index contributed by atoms with van der Waals surface area (Å²) >= 11 is 0. The first-order valence-electron chi connectivity index (χ1n) is 7.13. The molecule has 0 aromatic carbocycles. The molecule has 128 valence electrons. The van der Waals surface area contributed by atoms with E-state index in [0.717, 1.165) is 0 Å². The van der Waals surface area contributed by atoms with Crippen molar-refractivity contribution in [1.82, 2.24) is 20.5 Å². The Morgan fingerprint density at radius 2 is 1.91 bits per heavy atom. The number of amides is 3. The molecule has 9 nitrogen and oxygen atoms in total. The van der Waals surface area contributed by atoms with Crippen LogP contribution in [-0.4, -0.2) is 50.0 Å². The standard InChI is InChI=1S/C13H20N4O5S/c1-9-11(5-8-22-9)12(18)15-16-13(19)14-10-3-6-17(7-4-10)23(2,20)21/h5,8,10H,3-4,6-7H2,1-2H3,(H,15,18)(H2,14,16,19). The lowest BCUT2D eigenvalue weighted by Gasteiger charge is -2.30. The van der Waals surface area contributed by atoms with E-state index < -0.39 is 22.0 Å². The zero-order valence-corrected chi connectivity index (χ0v) is 13.8. The highest BCUT2D eigenvalue weighted by Gasteiger charge is 2.25. The highest BCUT2D eigenvalue weighted by atomic mass is 32.2. The Balaban J connectivity index is 1.74. The van der Waals surface area contributed by atoms with Gasteiger partial charge in [0.25, 0.3) is 5.91 Å². The van der Waals surface area contributed by atoms with Gasteiger partial charge in [-0.2, -0.15) is 0 Å². The van der Waals surface area contributed by atoms with Gasteiger partial charge in [-0.3, -0.25) is 10.2 Å². The van der Waals surface area contributed by atoms with Crippen molar-refractivity contribution in [1.29, 1.82) is 0 Å². The Hall–Kier alpha value is -2.07. The largest absolute Gasteiger partial charge is 0.469 e. The molecule has 0 saturated carbocycles. The van der Waals surface area contributed by atoms with E-state index in [1.807, 2.05) is 0 Å². The van der Waals surface area contributed by atoms with Crippen LogP contribution in [0.15, 0.2) is 16.7 Å². The topological polar surface area (TPSA) is 121 Å². The van der Waals surface area contributed by atoms with Crippen molar-refractivity contribution in [3.63, 3.8) is 0 Å². The second-order valence-corrected chi connectivity index (χ2v) is 7.36. The maximum atomic E-state index is 11.8. The van der Waals surface area contributed by atoms with Gasteiger partial charge in [-0.15, -0.1) is 0 Å². The average Bonchev–Trinajstić information content (AvgIpc) is 2.90. The molecule has 0 radical (unpaired) electrons. The van der Waals surface area contributed by atoms with Crippen molar-refractivity contribution in [2.24, 2.45) is 0 Å². The van der Waals surface area contributed by atoms with E-state index >= 15 is 0 Å². The molecule has 1 aliphatic heterocycles. The third-order valence-corrected chi connectivity index (χ3v) is 4.95. The van der Waals surface area contributed by atoms with Gasteiger partial charge in [-0.25, -0.2) is 22.9 Å². The molecule has 1 fully saturated rings. The monoisotopic (exact) mass is 344 g/mol. The minimum Gasteiger partial charge on any atom is -0.469 e. The molecule has 23 heavy (non-hydrogen) atoms. The van der Waals surface area contributed by atoms with E-state index in [2.05, 4.69) is 16.2 Å². The summed E-state index contributed by atoms with van der Waals surface area (Å²) in [6.07, 6.45) is 3.60. The lowest BCUT2D eigenvalue weighted by molar-refractivity contribution is 0.0934. The predicted molar refractivity (Wildman–Crippen MR) is 82.0 cm³/mol. The van der Waals surface area contributed by atoms with E-state index in [9.17, 15) is 18.0 Å². The molecular weight excluding hydrogens is 324 g/mol. The zero-order valence-electron chi connectivity index (χ0n) is 13.0. The molecule has 1 saturated heterocycles. The SMILES string of the molecule is Cc1occc1C(=O)NNC(=O)NC1CCN(S(C)(=O)=O)CC1. The number of carbonyl (C=O) groups excluding carboxylic acids is 2. The Kier molecular flexibility index (Phi) is 5.26. The molecule has 0 unspecified atom stereocenters. The van der Waals surface area contributed by atoms with Crippen LogP contribution in [0, 0.1) is 6.92 Å². The van der Waals surface area contributed by atoms with Crippen molar-refractivity contribution >= 4 is 22.0 Å². The van der Waals surface area contributed by atoms with Gasteiger partial charge in [-0.05, 0) is 25.8 Å². The van der Waals surface area contributed by atoms with Gasteiger partial charge < -0.3 is 9.73 Å². The van der Waals surface area contributed by atoms with Crippen LogP contribution in [0.1, 0.15) is 29.0 Å². The molecule has 10 heteroatoms. The molecule has 0 aliphatic carbocycles. The number of rotatable bonds is 3. The molecule has 3 N–H and O–H groups in total. The number of urea groups is 1. The van der Waals surface area contributed by atoms with Crippen molar-refractivity contribution < 1.29 is 22.4 Å². The summed E-state index contributed by atoms with van der Waals surface area (Å²) < 4.78 is 29.2. The number of aryl methyl sites for hydroxylation is 1. The normalized spacial score (nSPS) is 16.8. The zero-order chi connectivity index (χ0) is 17.0. The second kappa shape index (κ2) is 7.01. The van der Waals surface area contributed by atoms with Crippen molar-refractivity contribution in [3.8, 4) is 0 Å². The highest BCUT2D eigenvalue weighted by molar-refractivity contribution is 7.88. The minimum absolute atomic E-state index is 0.138. The summed E-state index contributed by atoms with van der Waals surface area (Å²) in [6.45, 7) is 2.37. The van der Waals surface area contributed by atoms with Gasteiger partial charge in [0.05, 0.1) is 18.1 Å². The Morgan fingerprint density at radius 3 is 2.43 bits per heavy atom. The van der Waals surface area contributed by atoms with Crippen LogP contribution in [0.2, 0.25) is 0 Å². The van der Waals surface area contributed by atoms with Crippen molar-refractivity contribution in [2.75, 3.05) is 19.3 Å². The number of furan rings is 1. The predicted octanol–water partition coefficient (Wildman–Crippen LogP) is -0.0440. The fourth-order valence-corrected chi connectivity index (χ4v) is 3.23. The van der Waals surface area contributed by atoms with Crippen molar-refractivity contribution in [2.45, 2.75) is 25.8 Å². The molecule has 0 atom stereocenters. The van der Waals surface area contributed by atoms with Gasteiger partial charge >= 0.3 is 6.03 Å². The first kappa shape index (κ1) is 17.3. The van der Waals surface area contributed by atoms with Crippen LogP contribution in [-0.2, 0) is 10.0 Å². The quantitative estimate of drug-likeness (QED) is 0.664. The second-order valence-electron chi connectivity index (χ2n) is 5.38. The Morgan fingerprint density at radius 1 is 1.26 bits per heavy atom. The first-order chi connectivity index (χ1) is 10.8. The molecule has 0 spiro atoms. The maximum Gasteiger partial charge on any atom is 0.333 e. The number of carbonyl (C=O) groups is 2. The van der Waals surface area contributed by atoms with Crippen LogP contribution in [0.25, 0.3) is 0 Å². The van der Waals surface area contributed by atoms with E-state index in [1.165, 1.54) is 22.9 Å². The summed E-state index contributed by atoms with van der Waals surface area (Å²) in [6, 6.07) is 0.823. The van der Waals surface area contributed by atoms with Crippen molar-refractivity contribution in [3.05, 3.63) is 23.7 Å². The average molecular weight is 344 g/mol. The third-order valence-electron chi connectivity index (χ3n) is 3.65. The van der Waals surface area contributed by atoms with Gasteiger partial charge in [0, 0.05) is 19.1 Å². The number of sulfonamides is 1. The van der Waals surface area contributed by atoms with Crippen LogP contribution in [0.5, 0.6) is 0 Å². The lowest BCUT2D eigenvalue weighted by Crippen LogP contribution is -2.52. The smallest absolute Gasteiger partial charge is 0.333 e. The van der Waals surface area contributed by atoms with Gasteiger partial charge in [0.15, 0.2) is 0 Å². The number of nitrogens with zero attached hydrogens (tertiary/aromatic N) is 1. The molecule has 1 aromatic heterocycles. The third kappa shape index (κ3) is 4.70. The van der Waals surface area contributed by atoms with Crippen LogP contribution < -0.4 is 16.2 Å². The Labute approximate surface area is 134 Å². The summed E-state index contributed by atoms with van der Waals surface area (Å²) in [5, 5.41) is 2.70. The lowest BCUT2D eigenvalue weighted by atomic mass is 10.1. The van der Waals surface area contributed by atoms with E-state index in [-0.39, 0.29) is 6.04 Å². The molecule has 3 amide bonds. The summed E-state index contributed by atoms with van der Waals surface area (Å²) in [5.41, 5.74) is 4.88. The van der Waals surface area contributed by atoms with Crippen LogP contribution >= 0.6 is 0 Å². The van der Waals surface area contributed by atoms with E-state index in [1.54, 1.807) is 6.92 Å². The molecule has 0 bridgehead atoms. The fraction of sp³-hybridized carbons (Fsp3) is 0.538. The maximum absolute atomic E-state index is 11.8.